The number of ether oxygens (including phenoxy) is 2. The smallest absolute Gasteiger partial charge is 0.260 e. The Morgan fingerprint density at radius 2 is 1.83 bits per heavy atom. The largest absolute Gasteiger partial charge is 0.507 e. The van der Waals surface area contributed by atoms with Gasteiger partial charge in [-0.25, -0.2) is 17.5 Å². The Balaban J connectivity index is 1.41. The van der Waals surface area contributed by atoms with Gasteiger partial charge in [-0.3, -0.25) is 4.79 Å². The molecule has 10 heteroatoms. The fraction of sp³-hybridized carbons (Fsp3) is 0.387. The van der Waals surface area contributed by atoms with Gasteiger partial charge in [0.1, 0.15) is 23.1 Å². The van der Waals surface area contributed by atoms with Gasteiger partial charge in [0.05, 0.1) is 12.0 Å². The van der Waals surface area contributed by atoms with Gasteiger partial charge in [0.15, 0.2) is 6.61 Å². The first-order chi connectivity index (χ1) is 19.6. The van der Waals surface area contributed by atoms with Crippen molar-refractivity contribution in [1.82, 2.24) is 9.62 Å². The molecule has 41 heavy (non-hydrogen) atoms. The van der Waals surface area contributed by atoms with Gasteiger partial charge >= 0.3 is 0 Å². The standard InChI is InChI=1S/C31H37FN2O6S/c1-21(2)33-41(37,38)26-10-12-30(28(19-26)27-11-9-24(32)18-29(27)35)40-20-31(36)34-15-13-22(14-16-34)7-8-23-5-4-6-25(17-23)39-3/h4-6,9-12,17-19,21-22,33,35H,7-8,13-16,20H2,1-3H3. The van der Waals surface area contributed by atoms with Crippen LogP contribution >= 0.6 is 0 Å². The molecule has 0 unspecified atom stereocenters. The van der Waals surface area contributed by atoms with Crippen molar-refractivity contribution in [3.63, 3.8) is 0 Å². The Hall–Kier alpha value is -3.63. The number of aromatic hydroxyl groups is 1. The number of aryl methyl sites for hydroxylation is 1. The first-order valence-corrected chi connectivity index (χ1v) is 15.2. The molecule has 220 valence electrons. The highest BCUT2D eigenvalue weighted by atomic mass is 32.2. The van der Waals surface area contributed by atoms with Crippen molar-refractivity contribution in [2.24, 2.45) is 5.92 Å². The summed E-state index contributed by atoms with van der Waals surface area (Å²) in [6, 6.07) is 15.4. The lowest BCUT2D eigenvalue weighted by atomic mass is 9.90. The molecule has 1 fully saturated rings. The highest BCUT2D eigenvalue weighted by molar-refractivity contribution is 7.89. The summed E-state index contributed by atoms with van der Waals surface area (Å²) < 4.78 is 53.0. The molecule has 0 spiro atoms. The zero-order chi connectivity index (χ0) is 29.6. The van der Waals surface area contributed by atoms with Crippen LogP contribution in [0.25, 0.3) is 11.1 Å². The number of nitrogens with zero attached hydrogens (tertiary/aromatic N) is 1. The van der Waals surface area contributed by atoms with Crippen LogP contribution < -0.4 is 14.2 Å². The van der Waals surface area contributed by atoms with Crippen LogP contribution in [0, 0.1) is 11.7 Å². The quantitative estimate of drug-likeness (QED) is 0.323. The number of phenolic OH excluding ortho intramolecular Hbond substituents is 1. The van der Waals surface area contributed by atoms with Crippen LogP contribution in [0.3, 0.4) is 0 Å². The topological polar surface area (TPSA) is 105 Å². The van der Waals surface area contributed by atoms with Crippen LogP contribution in [0.5, 0.6) is 17.2 Å². The number of phenols is 1. The fourth-order valence-electron chi connectivity index (χ4n) is 5.02. The molecule has 0 bridgehead atoms. The van der Waals surface area contributed by atoms with E-state index >= 15 is 0 Å². The number of halogens is 1. The zero-order valence-corrected chi connectivity index (χ0v) is 24.4. The maximum absolute atomic E-state index is 13.7. The fourth-order valence-corrected chi connectivity index (χ4v) is 6.30. The van der Waals surface area contributed by atoms with Crippen LogP contribution in [0.15, 0.2) is 65.6 Å². The van der Waals surface area contributed by atoms with Crippen LogP contribution in [-0.4, -0.2) is 57.2 Å². The lowest BCUT2D eigenvalue weighted by molar-refractivity contribution is -0.134. The number of amides is 1. The molecule has 8 nitrogen and oxygen atoms in total. The highest BCUT2D eigenvalue weighted by Gasteiger charge is 2.24. The van der Waals surface area contributed by atoms with Crippen LogP contribution in [0.2, 0.25) is 0 Å². The summed E-state index contributed by atoms with van der Waals surface area (Å²) in [5.41, 5.74) is 1.66. The average Bonchev–Trinajstić information content (AvgIpc) is 2.94. The van der Waals surface area contributed by atoms with Gasteiger partial charge in [-0.1, -0.05) is 12.1 Å². The van der Waals surface area contributed by atoms with Gasteiger partial charge in [-0.05, 0) is 93.5 Å². The molecule has 4 rings (SSSR count). The number of sulfonamides is 1. The lowest BCUT2D eigenvalue weighted by Crippen LogP contribution is -2.41. The normalized spacial score (nSPS) is 14.3. The van der Waals surface area contributed by atoms with Gasteiger partial charge in [-0.2, -0.15) is 0 Å². The number of carbonyl (C=O) groups excluding carboxylic acids is 1. The van der Waals surface area contributed by atoms with Crippen LogP contribution in [-0.2, 0) is 21.2 Å². The summed E-state index contributed by atoms with van der Waals surface area (Å²) in [5.74, 6) is 0.391. The average molecular weight is 585 g/mol. The third kappa shape index (κ3) is 7.98. The van der Waals surface area contributed by atoms with E-state index in [1.807, 2.05) is 12.1 Å². The number of piperidine rings is 1. The van der Waals surface area contributed by atoms with E-state index in [1.54, 1.807) is 25.9 Å². The lowest BCUT2D eigenvalue weighted by Gasteiger charge is -2.32. The van der Waals surface area contributed by atoms with E-state index in [1.165, 1.54) is 29.8 Å². The number of nitrogens with one attached hydrogen (secondary N) is 1. The SMILES string of the molecule is COc1cccc(CCC2CCN(C(=O)COc3ccc(S(=O)(=O)NC(C)C)cc3-c3ccc(F)cc3O)CC2)c1. The molecule has 1 aliphatic rings. The van der Waals surface area contributed by atoms with Gasteiger partial charge < -0.3 is 19.5 Å². The second-order valence-electron chi connectivity index (χ2n) is 10.6. The van der Waals surface area contributed by atoms with Gasteiger partial charge in [0, 0.05) is 36.3 Å². The second kappa shape index (κ2) is 13.4. The molecule has 0 atom stereocenters. The van der Waals surface area contributed by atoms with Crippen molar-refractivity contribution in [1.29, 1.82) is 0 Å². The van der Waals surface area contributed by atoms with Crippen molar-refractivity contribution in [3.05, 3.63) is 72.0 Å². The Bertz CT molecular complexity index is 1470. The predicted molar refractivity (Wildman–Crippen MR) is 155 cm³/mol. The van der Waals surface area contributed by atoms with E-state index in [-0.39, 0.29) is 46.1 Å². The molecule has 0 radical (unpaired) electrons. The van der Waals surface area contributed by atoms with Crippen molar-refractivity contribution >= 4 is 15.9 Å². The van der Waals surface area contributed by atoms with E-state index in [0.29, 0.717) is 19.0 Å². The summed E-state index contributed by atoms with van der Waals surface area (Å²) in [6.07, 6.45) is 3.80. The number of benzene rings is 3. The van der Waals surface area contributed by atoms with Crippen molar-refractivity contribution in [2.75, 3.05) is 26.8 Å². The molecule has 2 N–H and O–H groups in total. The minimum atomic E-state index is -3.85. The molecular weight excluding hydrogens is 547 g/mol. The molecule has 0 aromatic heterocycles. The minimum Gasteiger partial charge on any atom is -0.507 e. The predicted octanol–water partition coefficient (Wildman–Crippen LogP) is 5.14. The summed E-state index contributed by atoms with van der Waals surface area (Å²) in [5, 5.41) is 10.4. The molecule has 0 saturated carbocycles. The number of carbonyl (C=O) groups is 1. The van der Waals surface area contributed by atoms with Crippen molar-refractivity contribution in [2.45, 2.75) is 50.5 Å². The molecule has 3 aromatic rings. The van der Waals surface area contributed by atoms with Crippen LogP contribution in [0.4, 0.5) is 4.39 Å². The van der Waals surface area contributed by atoms with E-state index in [2.05, 4.69) is 16.9 Å². The number of methoxy groups -OCH3 is 1. The van der Waals surface area contributed by atoms with Gasteiger partial charge in [0.2, 0.25) is 10.0 Å². The first-order valence-electron chi connectivity index (χ1n) is 13.7. The molecule has 1 heterocycles. The third-order valence-corrected chi connectivity index (χ3v) is 8.85. The Labute approximate surface area is 241 Å². The Morgan fingerprint density at radius 1 is 1.07 bits per heavy atom. The summed E-state index contributed by atoms with van der Waals surface area (Å²) >= 11 is 0. The van der Waals surface area contributed by atoms with E-state index in [4.69, 9.17) is 9.47 Å². The number of likely N-dealkylation sites (tertiary alicyclic amines) is 1. The Kier molecular flexibility index (Phi) is 9.88. The molecule has 3 aromatic carbocycles. The Morgan fingerprint density at radius 3 is 2.51 bits per heavy atom. The second-order valence-corrected chi connectivity index (χ2v) is 12.3. The summed E-state index contributed by atoms with van der Waals surface area (Å²) in [6.45, 7) is 4.43. The van der Waals surface area contributed by atoms with E-state index in [0.717, 1.165) is 43.6 Å². The number of rotatable bonds is 11. The maximum atomic E-state index is 13.7. The number of hydrogen-bond acceptors (Lipinski definition) is 6. The molecule has 1 amide bonds. The van der Waals surface area contributed by atoms with E-state index in [9.17, 15) is 22.7 Å². The third-order valence-electron chi connectivity index (χ3n) is 7.20. The first kappa shape index (κ1) is 30.3. The summed E-state index contributed by atoms with van der Waals surface area (Å²) in [4.78, 5) is 14.8. The minimum absolute atomic E-state index is 0.0420. The monoisotopic (exact) mass is 584 g/mol. The van der Waals surface area contributed by atoms with E-state index < -0.39 is 15.8 Å². The van der Waals surface area contributed by atoms with Crippen molar-refractivity contribution in [3.8, 4) is 28.4 Å². The summed E-state index contributed by atoms with van der Waals surface area (Å²) in [7, 11) is -2.19. The zero-order valence-electron chi connectivity index (χ0n) is 23.6. The number of hydrogen-bond donors (Lipinski definition) is 2. The van der Waals surface area contributed by atoms with Gasteiger partial charge in [-0.15, -0.1) is 0 Å². The highest BCUT2D eigenvalue weighted by Crippen LogP contribution is 2.38. The molecule has 1 saturated heterocycles. The molecule has 0 aliphatic carbocycles. The van der Waals surface area contributed by atoms with Gasteiger partial charge in [0.25, 0.3) is 5.91 Å². The maximum Gasteiger partial charge on any atom is 0.260 e. The molecular formula is C31H37FN2O6S. The van der Waals surface area contributed by atoms with Crippen LogP contribution in [0.1, 0.15) is 38.7 Å². The molecule has 1 aliphatic heterocycles. The van der Waals surface area contributed by atoms with Crippen molar-refractivity contribution < 1.29 is 32.2 Å².